The number of carbonyl (C=O) groups is 2. The second kappa shape index (κ2) is 6.34. The van der Waals surface area contributed by atoms with Crippen LogP contribution in [-0.2, 0) is 14.3 Å². The molecule has 0 spiro atoms. The number of ether oxygens (including phenoxy) is 1. The zero-order valence-corrected chi connectivity index (χ0v) is 11.3. The first-order valence-corrected chi connectivity index (χ1v) is 6.44. The minimum atomic E-state index is -1.04. The van der Waals surface area contributed by atoms with E-state index in [9.17, 15) is 9.59 Å². The molecule has 5 heteroatoms. The lowest BCUT2D eigenvalue weighted by atomic mass is 10.1. The van der Waals surface area contributed by atoms with E-state index in [1.165, 1.54) is 11.0 Å². The Labute approximate surface area is 117 Å². The van der Waals surface area contributed by atoms with Crippen molar-refractivity contribution in [2.45, 2.75) is 13.0 Å². The number of rotatable bonds is 3. The maximum atomic E-state index is 12.0. The van der Waals surface area contributed by atoms with Crippen molar-refractivity contribution in [2.24, 2.45) is 0 Å². The van der Waals surface area contributed by atoms with E-state index in [2.05, 4.69) is 0 Å². The van der Waals surface area contributed by atoms with Gasteiger partial charge in [0, 0.05) is 12.6 Å². The number of aliphatic carboxylic acids is 1. The lowest BCUT2D eigenvalue weighted by Crippen LogP contribution is -2.48. The third-order valence-corrected chi connectivity index (χ3v) is 3.11. The van der Waals surface area contributed by atoms with Gasteiger partial charge >= 0.3 is 5.97 Å². The highest BCUT2D eigenvalue weighted by Crippen LogP contribution is 2.09. The summed E-state index contributed by atoms with van der Waals surface area (Å²) in [5.74, 6) is -1.23. The van der Waals surface area contributed by atoms with Crippen molar-refractivity contribution in [3.8, 4) is 0 Å². The van der Waals surface area contributed by atoms with Gasteiger partial charge < -0.3 is 14.7 Å². The molecule has 1 amide bonds. The maximum absolute atomic E-state index is 12.0. The van der Waals surface area contributed by atoms with Gasteiger partial charge in [0.15, 0.2) is 6.10 Å². The smallest absolute Gasteiger partial charge is 0.334 e. The van der Waals surface area contributed by atoms with Crippen LogP contribution in [0.15, 0.2) is 30.3 Å². The Bertz CT molecular complexity index is 538. The van der Waals surface area contributed by atoms with Crippen LogP contribution in [0.1, 0.15) is 11.1 Å². The summed E-state index contributed by atoms with van der Waals surface area (Å²) in [6.45, 7) is 2.74. The summed E-state index contributed by atoms with van der Waals surface area (Å²) in [5, 5.41) is 8.90. The van der Waals surface area contributed by atoms with Crippen LogP contribution in [0.3, 0.4) is 0 Å². The fourth-order valence-electron chi connectivity index (χ4n) is 2.05. The van der Waals surface area contributed by atoms with Crippen molar-refractivity contribution >= 4 is 18.0 Å². The van der Waals surface area contributed by atoms with Crippen LogP contribution in [-0.4, -0.2) is 47.7 Å². The lowest BCUT2D eigenvalue weighted by molar-refractivity contribution is -0.158. The van der Waals surface area contributed by atoms with Gasteiger partial charge in [0.2, 0.25) is 5.91 Å². The Morgan fingerprint density at radius 3 is 2.95 bits per heavy atom. The Balaban J connectivity index is 1.99. The normalized spacial score (nSPS) is 19.2. The van der Waals surface area contributed by atoms with E-state index in [0.717, 1.165) is 11.1 Å². The van der Waals surface area contributed by atoms with Crippen LogP contribution in [0.2, 0.25) is 0 Å². The average Bonchev–Trinajstić information content (AvgIpc) is 2.45. The molecule has 20 heavy (non-hydrogen) atoms. The molecule has 1 aromatic carbocycles. The zero-order valence-electron chi connectivity index (χ0n) is 11.3. The number of hydrogen-bond donors (Lipinski definition) is 1. The summed E-state index contributed by atoms with van der Waals surface area (Å²) in [4.78, 5) is 24.4. The summed E-state index contributed by atoms with van der Waals surface area (Å²) in [5.41, 5.74) is 2.07. The Kier molecular flexibility index (Phi) is 4.53. The van der Waals surface area contributed by atoms with Crippen molar-refractivity contribution in [2.75, 3.05) is 19.7 Å². The molecule has 1 heterocycles. The molecule has 1 aromatic rings. The fourth-order valence-corrected chi connectivity index (χ4v) is 2.05. The van der Waals surface area contributed by atoms with Gasteiger partial charge in [-0.2, -0.15) is 0 Å². The van der Waals surface area contributed by atoms with Crippen LogP contribution in [0, 0.1) is 6.92 Å². The van der Waals surface area contributed by atoms with Gasteiger partial charge in [-0.05, 0) is 18.6 Å². The first-order chi connectivity index (χ1) is 9.56. The topological polar surface area (TPSA) is 66.8 Å². The Morgan fingerprint density at radius 1 is 1.45 bits per heavy atom. The summed E-state index contributed by atoms with van der Waals surface area (Å²) < 4.78 is 5.08. The molecular weight excluding hydrogens is 258 g/mol. The summed E-state index contributed by atoms with van der Waals surface area (Å²) >= 11 is 0. The predicted octanol–water partition coefficient (Wildman–Crippen LogP) is 1.32. The molecule has 0 unspecified atom stereocenters. The summed E-state index contributed by atoms with van der Waals surface area (Å²) in [6.07, 6.45) is 2.28. The molecule has 1 N–H and O–H groups in total. The minimum Gasteiger partial charge on any atom is -0.479 e. The second-order valence-corrected chi connectivity index (χ2v) is 4.73. The number of carboxylic acids is 1. The highest BCUT2D eigenvalue weighted by atomic mass is 16.5. The van der Waals surface area contributed by atoms with Gasteiger partial charge in [0.1, 0.15) is 0 Å². The highest BCUT2D eigenvalue weighted by molar-refractivity contribution is 5.92. The molecule has 1 aliphatic rings. The second-order valence-electron chi connectivity index (χ2n) is 4.73. The third-order valence-electron chi connectivity index (χ3n) is 3.11. The van der Waals surface area contributed by atoms with Gasteiger partial charge in [-0.1, -0.05) is 29.8 Å². The largest absolute Gasteiger partial charge is 0.479 e. The molecule has 1 fully saturated rings. The van der Waals surface area contributed by atoms with Crippen LogP contribution in [0.4, 0.5) is 0 Å². The quantitative estimate of drug-likeness (QED) is 0.845. The van der Waals surface area contributed by atoms with Gasteiger partial charge in [0.05, 0.1) is 13.2 Å². The van der Waals surface area contributed by atoms with E-state index in [4.69, 9.17) is 9.84 Å². The van der Waals surface area contributed by atoms with Crippen molar-refractivity contribution in [1.29, 1.82) is 0 Å². The van der Waals surface area contributed by atoms with E-state index in [1.54, 1.807) is 6.08 Å². The first kappa shape index (κ1) is 14.3. The number of amides is 1. The van der Waals surface area contributed by atoms with Gasteiger partial charge in [-0.15, -0.1) is 0 Å². The summed E-state index contributed by atoms with van der Waals surface area (Å²) in [7, 11) is 0. The van der Waals surface area contributed by atoms with Crippen LogP contribution in [0.5, 0.6) is 0 Å². The summed E-state index contributed by atoms with van der Waals surface area (Å²) in [6, 6.07) is 7.80. The number of hydrogen-bond acceptors (Lipinski definition) is 3. The predicted molar refractivity (Wildman–Crippen MR) is 74.2 cm³/mol. The van der Waals surface area contributed by atoms with Crippen LogP contribution < -0.4 is 0 Å². The molecule has 2 rings (SSSR count). The van der Waals surface area contributed by atoms with Gasteiger partial charge in [-0.3, -0.25) is 4.79 Å². The van der Waals surface area contributed by atoms with Gasteiger partial charge in [0.25, 0.3) is 0 Å². The maximum Gasteiger partial charge on any atom is 0.334 e. The first-order valence-electron chi connectivity index (χ1n) is 6.44. The van der Waals surface area contributed by atoms with E-state index in [-0.39, 0.29) is 19.1 Å². The van der Waals surface area contributed by atoms with Gasteiger partial charge in [-0.25, -0.2) is 4.79 Å². The molecule has 5 nitrogen and oxygen atoms in total. The third kappa shape index (κ3) is 3.68. The SMILES string of the molecule is Cc1cccc(/C=C/C(=O)N2CCO[C@@H](C(=O)O)C2)c1. The number of aryl methyl sites for hydroxylation is 1. The molecule has 1 saturated heterocycles. The Morgan fingerprint density at radius 2 is 2.25 bits per heavy atom. The number of nitrogens with zero attached hydrogens (tertiary/aromatic N) is 1. The number of benzene rings is 1. The molecule has 0 bridgehead atoms. The molecule has 0 saturated carbocycles. The lowest BCUT2D eigenvalue weighted by Gasteiger charge is -2.30. The number of carboxylic acid groups (broad SMARTS) is 1. The van der Waals surface area contributed by atoms with Crippen molar-refractivity contribution < 1.29 is 19.4 Å². The standard InChI is InChI=1S/C15H17NO4/c1-11-3-2-4-12(9-11)5-6-14(17)16-7-8-20-13(10-16)15(18)19/h2-6,9,13H,7-8,10H2,1H3,(H,18,19)/b6-5+/t13-/m1/s1. The Hall–Kier alpha value is -2.14. The van der Waals surface area contributed by atoms with E-state index < -0.39 is 12.1 Å². The van der Waals surface area contributed by atoms with Crippen LogP contribution in [0.25, 0.3) is 6.08 Å². The fraction of sp³-hybridized carbons (Fsp3) is 0.333. The molecule has 0 radical (unpaired) electrons. The minimum absolute atomic E-state index is 0.0896. The zero-order chi connectivity index (χ0) is 14.5. The van der Waals surface area contributed by atoms with E-state index >= 15 is 0 Å². The average molecular weight is 275 g/mol. The number of carbonyl (C=O) groups excluding carboxylic acids is 1. The molecule has 1 aliphatic heterocycles. The van der Waals surface area contributed by atoms with Crippen molar-refractivity contribution in [1.82, 2.24) is 4.90 Å². The van der Waals surface area contributed by atoms with Crippen LogP contribution >= 0.6 is 0 Å². The van der Waals surface area contributed by atoms with E-state index in [0.29, 0.717) is 6.54 Å². The number of morpholine rings is 1. The van der Waals surface area contributed by atoms with Crippen molar-refractivity contribution in [3.63, 3.8) is 0 Å². The highest BCUT2D eigenvalue weighted by Gasteiger charge is 2.27. The monoisotopic (exact) mass is 275 g/mol. The van der Waals surface area contributed by atoms with Crippen molar-refractivity contribution in [3.05, 3.63) is 41.5 Å². The molecular formula is C15H17NO4. The molecule has 0 aliphatic carbocycles. The molecule has 0 aromatic heterocycles. The molecule has 106 valence electrons. The molecule has 1 atom stereocenters. The van der Waals surface area contributed by atoms with E-state index in [1.807, 2.05) is 31.2 Å².